The summed E-state index contributed by atoms with van der Waals surface area (Å²) >= 11 is 7.58. The highest BCUT2D eigenvalue weighted by molar-refractivity contribution is 7.17. The summed E-state index contributed by atoms with van der Waals surface area (Å²) in [6, 6.07) is 7.78. The highest BCUT2D eigenvalue weighted by atomic mass is 35.5. The monoisotopic (exact) mass is 246 g/mol. The number of benzene rings is 1. The molecule has 0 atom stereocenters. The fourth-order valence-electron chi connectivity index (χ4n) is 1.63. The van der Waals surface area contributed by atoms with Gasteiger partial charge >= 0.3 is 0 Å². The summed E-state index contributed by atoms with van der Waals surface area (Å²) in [6.45, 7) is 0. The maximum atomic E-state index is 5.98. The van der Waals surface area contributed by atoms with Gasteiger partial charge in [0.05, 0.1) is 0 Å². The number of hydrogen-bond acceptors (Lipinski definition) is 3. The predicted molar refractivity (Wildman–Crippen MR) is 67.9 cm³/mol. The molecule has 78 valence electrons. The predicted octanol–water partition coefficient (Wildman–Crippen LogP) is 4.01. The number of aromatic nitrogens is 2. The molecule has 0 saturated heterocycles. The molecule has 0 aliphatic rings. The molecular formula is C12H7ClN2S. The summed E-state index contributed by atoms with van der Waals surface area (Å²) in [5, 5.41) is 2.80. The number of hydrogen-bond donors (Lipinski definition) is 0. The van der Waals surface area contributed by atoms with E-state index in [1.165, 1.54) is 0 Å². The molecule has 0 spiro atoms. The molecule has 0 aliphatic heterocycles. The first kappa shape index (κ1) is 9.75. The van der Waals surface area contributed by atoms with E-state index in [0.29, 0.717) is 0 Å². The Bertz CT molecular complexity index is 648. The zero-order valence-electron chi connectivity index (χ0n) is 8.22. The van der Waals surface area contributed by atoms with Gasteiger partial charge in [-0.3, -0.25) is 4.98 Å². The molecule has 3 aromatic rings. The minimum atomic E-state index is 0.737. The zero-order chi connectivity index (χ0) is 11.0. The molecule has 0 aliphatic carbocycles. The van der Waals surface area contributed by atoms with Crippen LogP contribution < -0.4 is 0 Å². The lowest BCUT2D eigenvalue weighted by Crippen LogP contribution is -1.79. The van der Waals surface area contributed by atoms with Crippen LogP contribution >= 0.6 is 22.9 Å². The maximum absolute atomic E-state index is 5.98. The lowest BCUT2D eigenvalue weighted by Gasteiger charge is -1.99. The van der Waals surface area contributed by atoms with Gasteiger partial charge in [0.25, 0.3) is 0 Å². The third kappa shape index (κ3) is 1.58. The van der Waals surface area contributed by atoms with Crippen molar-refractivity contribution in [3.63, 3.8) is 0 Å². The molecular weight excluding hydrogens is 240 g/mol. The Hall–Kier alpha value is -1.45. The van der Waals surface area contributed by atoms with Gasteiger partial charge in [0, 0.05) is 28.4 Å². The lowest BCUT2D eigenvalue weighted by atomic mass is 10.1. The highest BCUT2D eigenvalue weighted by Crippen LogP contribution is 2.32. The van der Waals surface area contributed by atoms with E-state index in [4.69, 9.17) is 11.6 Å². The molecule has 4 heteroatoms. The summed E-state index contributed by atoms with van der Waals surface area (Å²) < 4.78 is 0. The van der Waals surface area contributed by atoms with Crippen LogP contribution in [0.1, 0.15) is 0 Å². The van der Waals surface area contributed by atoms with E-state index in [0.717, 1.165) is 26.5 Å². The molecule has 2 heterocycles. The van der Waals surface area contributed by atoms with Crippen molar-refractivity contribution in [3.8, 4) is 11.1 Å². The fraction of sp³-hybridized carbons (Fsp3) is 0. The molecule has 0 fully saturated rings. The Kier molecular flexibility index (Phi) is 2.35. The highest BCUT2D eigenvalue weighted by Gasteiger charge is 2.07. The van der Waals surface area contributed by atoms with Crippen molar-refractivity contribution < 1.29 is 0 Å². The van der Waals surface area contributed by atoms with Gasteiger partial charge in [-0.1, -0.05) is 23.7 Å². The maximum Gasteiger partial charge on any atom is 0.142 e. The van der Waals surface area contributed by atoms with Crippen LogP contribution in [0, 0.1) is 0 Å². The van der Waals surface area contributed by atoms with Crippen molar-refractivity contribution in [2.24, 2.45) is 0 Å². The largest absolute Gasteiger partial charge is 0.251 e. The molecule has 0 saturated carbocycles. The number of nitrogens with zero attached hydrogens (tertiary/aromatic N) is 2. The molecule has 16 heavy (non-hydrogen) atoms. The van der Waals surface area contributed by atoms with Gasteiger partial charge in [-0.25, -0.2) is 4.98 Å². The molecule has 2 aromatic heterocycles. The molecule has 0 amide bonds. The third-order valence-corrected chi connectivity index (χ3v) is 3.45. The molecule has 0 N–H and O–H groups in total. The second kappa shape index (κ2) is 3.85. The summed E-state index contributed by atoms with van der Waals surface area (Å²) in [5.74, 6) is 0. The topological polar surface area (TPSA) is 25.8 Å². The first-order valence-electron chi connectivity index (χ1n) is 4.79. The second-order valence-corrected chi connectivity index (χ2v) is 4.66. The molecule has 0 unspecified atom stereocenters. The normalized spacial score (nSPS) is 10.8. The van der Waals surface area contributed by atoms with E-state index in [1.807, 2.05) is 24.3 Å². The van der Waals surface area contributed by atoms with Crippen molar-refractivity contribution in [2.45, 2.75) is 0 Å². The van der Waals surface area contributed by atoms with E-state index in [1.54, 1.807) is 23.7 Å². The summed E-state index contributed by atoms with van der Waals surface area (Å²) in [5.41, 5.74) is 3.12. The van der Waals surface area contributed by atoms with E-state index >= 15 is 0 Å². The third-order valence-electron chi connectivity index (χ3n) is 2.34. The number of halogens is 1. The van der Waals surface area contributed by atoms with Gasteiger partial charge < -0.3 is 0 Å². The molecule has 3 rings (SSSR count). The molecule has 1 aromatic carbocycles. The van der Waals surface area contributed by atoms with Gasteiger partial charge in [0.1, 0.15) is 10.3 Å². The first-order chi connectivity index (χ1) is 7.84. The molecule has 2 nitrogen and oxygen atoms in total. The average molecular weight is 247 g/mol. The van der Waals surface area contributed by atoms with Crippen LogP contribution in [0.25, 0.3) is 21.5 Å². The minimum Gasteiger partial charge on any atom is -0.251 e. The average Bonchev–Trinajstić information content (AvgIpc) is 2.72. The molecule has 0 radical (unpaired) electrons. The quantitative estimate of drug-likeness (QED) is 0.648. The van der Waals surface area contributed by atoms with Crippen molar-refractivity contribution >= 4 is 33.3 Å². The van der Waals surface area contributed by atoms with Gasteiger partial charge in [-0.15, -0.1) is 11.3 Å². The van der Waals surface area contributed by atoms with Crippen LogP contribution in [0.3, 0.4) is 0 Å². The zero-order valence-corrected chi connectivity index (χ0v) is 9.79. The van der Waals surface area contributed by atoms with Gasteiger partial charge in [0.15, 0.2) is 0 Å². The van der Waals surface area contributed by atoms with E-state index < -0.39 is 0 Å². The van der Waals surface area contributed by atoms with Crippen LogP contribution in [0.4, 0.5) is 0 Å². The first-order valence-corrected chi connectivity index (χ1v) is 6.04. The summed E-state index contributed by atoms with van der Waals surface area (Å²) in [6.07, 6.45) is 3.42. The van der Waals surface area contributed by atoms with Crippen LogP contribution in [0.15, 0.2) is 42.0 Å². The fourth-order valence-corrected chi connectivity index (χ4v) is 2.69. The Morgan fingerprint density at radius 1 is 1.12 bits per heavy atom. The Morgan fingerprint density at radius 3 is 2.88 bits per heavy atom. The van der Waals surface area contributed by atoms with Crippen LogP contribution in [0.2, 0.25) is 5.02 Å². The van der Waals surface area contributed by atoms with Crippen molar-refractivity contribution in [3.05, 3.63) is 47.1 Å². The summed E-state index contributed by atoms with van der Waals surface area (Å²) in [7, 11) is 0. The molecule has 0 bridgehead atoms. The van der Waals surface area contributed by atoms with E-state index in [9.17, 15) is 0 Å². The number of thiophene rings is 1. The second-order valence-electron chi connectivity index (χ2n) is 3.37. The van der Waals surface area contributed by atoms with Crippen molar-refractivity contribution in [1.82, 2.24) is 9.97 Å². The Morgan fingerprint density at radius 2 is 2.00 bits per heavy atom. The van der Waals surface area contributed by atoms with Crippen LogP contribution in [-0.4, -0.2) is 9.97 Å². The standard InChI is InChI=1S/C12H7ClN2S/c13-9-3-1-2-8(6-9)10-7-16-12-11(10)14-4-5-15-12/h1-7H. The van der Waals surface area contributed by atoms with Crippen LogP contribution in [-0.2, 0) is 0 Å². The van der Waals surface area contributed by atoms with E-state index in [2.05, 4.69) is 15.3 Å². The number of fused-ring (bicyclic) bond motifs is 1. The van der Waals surface area contributed by atoms with Crippen molar-refractivity contribution in [2.75, 3.05) is 0 Å². The Labute approximate surface area is 102 Å². The van der Waals surface area contributed by atoms with E-state index in [-0.39, 0.29) is 0 Å². The summed E-state index contributed by atoms with van der Waals surface area (Å²) in [4.78, 5) is 9.58. The SMILES string of the molecule is Clc1cccc(-c2csc3nccnc23)c1. The number of rotatable bonds is 1. The van der Waals surface area contributed by atoms with Gasteiger partial charge in [-0.05, 0) is 17.7 Å². The van der Waals surface area contributed by atoms with Gasteiger partial charge in [0.2, 0.25) is 0 Å². The van der Waals surface area contributed by atoms with Gasteiger partial charge in [-0.2, -0.15) is 0 Å². The lowest BCUT2D eigenvalue weighted by molar-refractivity contribution is 1.32. The smallest absolute Gasteiger partial charge is 0.142 e. The van der Waals surface area contributed by atoms with Crippen LogP contribution in [0.5, 0.6) is 0 Å². The Balaban J connectivity index is 2.26. The minimum absolute atomic E-state index is 0.737. The van der Waals surface area contributed by atoms with Crippen molar-refractivity contribution in [1.29, 1.82) is 0 Å².